The highest BCUT2D eigenvalue weighted by Crippen LogP contribution is 2.16. The molecule has 482 valence electrons. The smallest absolute Gasteiger partial charge is 0.306 e. The molecule has 0 amide bonds. The molecule has 0 aliphatic carbocycles. The molecule has 0 aliphatic heterocycles. The molecule has 0 aromatic heterocycles. The maximum atomic E-state index is 12.4. The van der Waals surface area contributed by atoms with Gasteiger partial charge >= 0.3 is 11.9 Å². The average Bonchev–Trinajstić information content (AvgIpc) is 3.54. The number of allylic oxidation sites excluding steroid dienone is 32. The first-order chi connectivity index (χ1) is 42.6. The Morgan fingerprint density at radius 2 is 0.465 bits per heavy atom. The number of hydrogen-bond acceptors (Lipinski definition) is 5. The number of aliphatic hydroxyl groups excluding tert-OH is 1. The van der Waals surface area contributed by atoms with Crippen LogP contribution in [0.15, 0.2) is 194 Å². The molecule has 86 heavy (non-hydrogen) atoms. The highest BCUT2D eigenvalue weighted by atomic mass is 16.6. The van der Waals surface area contributed by atoms with Gasteiger partial charge in [0.05, 0.1) is 6.61 Å². The topological polar surface area (TPSA) is 72.8 Å². The Bertz CT molecular complexity index is 1970. The fourth-order valence-corrected chi connectivity index (χ4v) is 9.24. The van der Waals surface area contributed by atoms with Gasteiger partial charge in [0.15, 0.2) is 6.10 Å². The van der Waals surface area contributed by atoms with E-state index >= 15 is 0 Å². The van der Waals surface area contributed by atoms with Crippen LogP contribution < -0.4 is 0 Å². The van der Waals surface area contributed by atoms with E-state index in [9.17, 15) is 14.7 Å². The van der Waals surface area contributed by atoms with Crippen LogP contribution in [0, 0.1) is 0 Å². The summed E-state index contributed by atoms with van der Waals surface area (Å²) >= 11 is 0. The van der Waals surface area contributed by atoms with Gasteiger partial charge in [-0.15, -0.1) is 0 Å². The molecular formula is C81H128O5. The van der Waals surface area contributed by atoms with Crippen LogP contribution in [-0.4, -0.2) is 36.4 Å². The molecule has 0 rings (SSSR count). The second-order valence-electron chi connectivity index (χ2n) is 22.5. The molecule has 1 N–H and O–H groups in total. The van der Waals surface area contributed by atoms with E-state index in [0.29, 0.717) is 12.8 Å². The van der Waals surface area contributed by atoms with Gasteiger partial charge in [0.25, 0.3) is 0 Å². The molecule has 0 spiro atoms. The van der Waals surface area contributed by atoms with Gasteiger partial charge in [-0.05, 0) is 141 Å². The maximum Gasteiger partial charge on any atom is 0.306 e. The predicted molar refractivity (Wildman–Crippen MR) is 379 cm³/mol. The fourth-order valence-electron chi connectivity index (χ4n) is 9.24. The van der Waals surface area contributed by atoms with E-state index < -0.39 is 6.10 Å². The normalized spacial score (nSPS) is 13.5. The summed E-state index contributed by atoms with van der Waals surface area (Å²) in [6, 6.07) is 0. The summed E-state index contributed by atoms with van der Waals surface area (Å²) < 4.78 is 10.7. The number of rotatable bonds is 62. The first kappa shape index (κ1) is 80.7. The van der Waals surface area contributed by atoms with Crippen LogP contribution >= 0.6 is 0 Å². The Morgan fingerprint density at radius 1 is 0.267 bits per heavy atom. The van der Waals surface area contributed by atoms with Gasteiger partial charge in [0.1, 0.15) is 6.61 Å². The highest BCUT2D eigenvalue weighted by molar-refractivity contribution is 5.70. The molecule has 0 fully saturated rings. The van der Waals surface area contributed by atoms with Crippen molar-refractivity contribution in [3.8, 4) is 0 Å². The summed E-state index contributed by atoms with van der Waals surface area (Å²) in [5.74, 6) is -0.614. The van der Waals surface area contributed by atoms with Crippen LogP contribution in [0.1, 0.15) is 284 Å². The van der Waals surface area contributed by atoms with Gasteiger partial charge in [0.2, 0.25) is 0 Å². The zero-order chi connectivity index (χ0) is 61.9. The summed E-state index contributed by atoms with van der Waals surface area (Å²) in [6.45, 7) is 3.90. The lowest BCUT2D eigenvalue weighted by Gasteiger charge is -2.15. The van der Waals surface area contributed by atoms with Crippen LogP contribution in [0.5, 0.6) is 0 Å². The summed E-state index contributed by atoms with van der Waals surface area (Å²) in [4.78, 5) is 24.7. The van der Waals surface area contributed by atoms with Gasteiger partial charge in [0, 0.05) is 12.8 Å². The SMILES string of the molecule is CC/C=C\C/C=C\C/C=C\C/C=C\C/C=C\C/C=C\C/C=C\C/C=C\CCCCCCCCCCCCCCCCCCC(=O)OC(CO)COC(=O)CCCCCCCC/C=C\C/C=C\C/C=C\C/C=C\C/C=C\C/C=C\C/C=C\C/C=C\CC. The molecule has 0 bridgehead atoms. The van der Waals surface area contributed by atoms with Gasteiger partial charge in [-0.3, -0.25) is 9.59 Å². The van der Waals surface area contributed by atoms with Crippen molar-refractivity contribution in [1.29, 1.82) is 0 Å². The minimum atomic E-state index is -0.793. The summed E-state index contributed by atoms with van der Waals surface area (Å²) in [5.41, 5.74) is 0. The van der Waals surface area contributed by atoms with E-state index in [4.69, 9.17) is 9.47 Å². The predicted octanol–water partition coefficient (Wildman–Crippen LogP) is 24.8. The number of carbonyl (C=O) groups is 2. The monoisotopic (exact) mass is 1180 g/mol. The number of esters is 2. The minimum absolute atomic E-state index is 0.0837. The maximum absolute atomic E-state index is 12.4. The van der Waals surface area contributed by atoms with Gasteiger partial charge in [-0.2, -0.15) is 0 Å². The largest absolute Gasteiger partial charge is 0.462 e. The molecule has 1 atom stereocenters. The van der Waals surface area contributed by atoms with E-state index in [1.54, 1.807) is 0 Å². The van der Waals surface area contributed by atoms with Crippen molar-refractivity contribution in [2.75, 3.05) is 13.2 Å². The Kier molecular flexibility index (Phi) is 69.5. The van der Waals surface area contributed by atoms with E-state index in [0.717, 1.165) is 148 Å². The molecule has 0 saturated heterocycles. The average molecular weight is 1180 g/mol. The molecule has 5 heteroatoms. The minimum Gasteiger partial charge on any atom is -0.462 e. The molecular weight excluding hydrogens is 1050 g/mol. The molecule has 0 saturated carbocycles. The van der Waals surface area contributed by atoms with Gasteiger partial charge < -0.3 is 14.6 Å². The third-order valence-corrected chi connectivity index (χ3v) is 14.4. The molecule has 5 nitrogen and oxygen atoms in total. The number of hydrogen-bond donors (Lipinski definition) is 1. The number of unbranched alkanes of at least 4 members (excludes halogenated alkanes) is 22. The van der Waals surface area contributed by atoms with Crippen molar-refractivity contribution in [1.82, 2.24) is 0 Å². The Morgan fingerprint density at radius 3 is 0.698 bits per heavy atom. The first-order valence-corrected chi connectivity index (χ1v) is 35.0. The zero-order valence-electron chi connectivity index (χ0n) is 55.2. The Labute approximate surface area is 530 Å². The third kappa shape index (κ3) is 71.2. The quantitative estimate of drug-likeness (QED) is 0.0373. The lowest BCUT2D eigenvalue weighted by Crippen LogP contribution is -2.28. The van der Waals surface area contributed by atoms with Gasteiger partial charge in [-0.1, -0.05) is 324 Å². The molecule has 0 radical (unpaired) electrons. The van der Waals surface area contributed by atoms with E-state index in [-0.39, 0.29) is 25.2 Å². The standard InChI is InChI=1S/C81H128O5/c1-3-5-7-9-11-13-15-17-19-21-23-25-27-29-31-33-35-36-37-38-39-40-41-42-43-44-46-48-50-52-54-56-58-60-62-64-66-68-70-72-74-76-81(84)86-79(77-82)78-85-80(83)75-73-71-69-67-65-63-61-59-57-55-53-51-49-47-45-34-32-30-28-26-24-22-20-18-16-14-12-10-8-6-4-2/h5-8,11-14,17-20,23-26,29-32,35-36,38-39,41-42,45,47,51,53,57,59,79,82H,3-4,9-10,15-16,21-22,27-28,33-34,37,40,43-44,46,48-50,52,54-56,58,60-78H2,1-2H3/b7-5-,8-6-,13-11-,14-12-,19-17-,20-18-,25-23-,26-24-,31-29-,32-30-,36-35-,39-38-,42-41-,47-45-,53-51-,59-57-. The number of carbonyl (C=O) groups excluding carboxylic acids is 2. The van der Waals surface area contributed by atoms with Crippen molar-refractivity contribution in [3.63, 3.8) is 0 Å². The van der Waals surface area contributed by atoms with Crippen molar-refractivity contribution in [3.05, 3.63) is 194 Å². The molecule has 0 heterocycles. The van der Waals surface area contributed by atoms with Crippen LogP contribution in [0.2, 0.25) is 0 Å². The van der Waals surface area contributed by atoms with Crippen molar-refractivity contribution >= 4 is 11.9 Å². The Balaban J connectivity index is 3.56. The van der Waals surface area contributed by atoms with Crippen LogP contribution in [0.25, 0.3) is 0 Å². The van der Waals surface area contributed by atoms with Crippen molar-refractivity contribution in [2.24, 2.45) is 0 Å². The number of ether oxygens (including phenoxy) is 2. The summed E-state index contributed by atoms with van der Waals surface area (Å²) in [7, 11) is 0. The van der Waals surface area contributed by atoms with Gasteiger partial charge in [-0.25, -0.2) is 0 Å². The van der Waals surface area contributed by atoms with Crippen LogP contribution in [0.3, 0.4) is 0 Å². The van der Waals surface area contributed by atoms with Crippen molar-refractivity contribution in [2.45, 2.75) is 290 Å². The zero-order valence-corrected chi connectivity index (χ0v) is 55.2. The van der Waals surface area contributed by atoms with E-state index in [1.165, 1.54) is 109 Å². The van der Waals surface area contributed by atoms with Crippen LogP contribution in [-0.2, 0) is 19.1 Å². The first-order valence-electron chi connectivity index (χ1n) is 35.0. The van der Waals surface area contributed by atoms with Crippen molar-refractivity contribution < 1.29 is 24.2 Å². The lowest BCUT2D eigenvalue weighted by atomic mass is 10.0. The van der Waals surface area contributed by atoms with Crippen LogP contribution in [0.4, 0.5) is 0 Å². The lowest BCUT2D eigenvalue weighted by molar-refractivity contribution is -0.161. The molecule has 0 aliphatic rings. The van der Waals surface area contributed by atoms with E-state index in [1.807, 2.05) is 0 Å². The number of aliphatic hydroxyl groups is 1. The second kappa shape index (κ2) is 74.0. The summed E-state index contributed by atoms with van der Waals surface area (Å²) in [6.07, 6.45) is 117. The molecule has 1 unspecified atom stereocenters. The third-order valence-electron chi connectivity index (χ3n) is 14.4. The Hall–Kier alpha value is -5.26. The van der Waals surface area contributed by atoms with E-state index in [2.05, 4.69) is 208 Å². The molecule has 0 aromatic rings. The molecule has 0 aromatic carbocycles. The highest BCUT2D eigenvalue weighted by Gasteiger charge is 2.16. The fraction of sp³-hybridized carbons (Fsp3) is 0.580. The second-order valence-corrected chi connectivity index (χ2v) is 22.5. The summed E-state index contributed by atoms with van der Waals surface area (Å²) in [5, 5.41) is 9.70.